The van der Waals surface area contributed by atoms with Gasteiger partial charge in [-0.1, -0.05) is 12.1 Å². The molecule has 0 saturated carbocycles. The summed E-state index contributed by atoms with van der Waals surface area (Å²) < 4.78 is 5.73. The van der Waals surface area contributed by atoms with Crippen molar-refractivity contribution in [1.29, 1.82) is 0 Å². The fourth-order valence-electron chi connectivity index (χ4n) is 3.07. The summed E-state index contributed by atoms with van der Waals surface area (Å²) >= 11 is 0. The van der Waals surface area contributed by atoms with Crippen molar-refractivity contribution >= 4 is 5.78 Å². The third-order valence-corrected chi connectivity index (χ3v) is 4.17. The average molecular weight is 259 g/mol. The number of rotatable bonds is 3. The Kier molecular flexibility index (Phi) is 3.83. The van der Waals surface area contributed by atoms with Crippen LogP contribution in [0.2, 0.25) is 0 Å². The molecular formula is C16H21NO2. The Labute approximate surface area is 114 Å². The lowest BCUT2D eigenvalue weighted by molar-refractivity contribution is 0.0947. The van der Waals surface area contributed by atoms with Gasteiger partial charge in [0, 0.05) is 6.42 Å². The highest BCUT2D eigenvalue weighted by molar-refractivity contribution is 5.99. The van der Waals surface area contributed by atoms with Crippen LogP contribution in [-0.4, -0.2) is 25.5 Å². The number of benzene rings is 1. The number of nitrogens with one attached hydrogen (secondary N) is 1. The van der Waals surface area contributed by atoms with Crippen LogP contribution in [0.3, 0.4) is 0 Å². The lowest BCUT2D eigenvalue weighted by Crippen LogP contribution is -2.29. The topological polar surface area (TPSA) is 38.3 Å². The number of carbonyl (C=O) groups is 1. The quantitative estimate of drug-likeness (QED) is 0.848. The molecule has 0 atom stereocenters. The first-order valence-corrected chi connectivity index (χ1v) is 7.33. The van der Waals surface area contributed by atoms with Crippen LogP contribution in [0.5, 0.6) is 5.75 Å². The van der Waals surface area contributed by atoms with Crippen molar-refractivity contribution in [2.75, 3.05) is 19.7 Å². The number of carbonyl (C=O) groups excluding carboxylic acids is 1. The summed E-state index contributed by atoms with van der Waals surface area (Å²) in [5, 5.41) is 3.34. The highest BCUT2D eigenvalue weighted by Crippen LogP contribution is 2.31. The van der Waals surface area contributed by atoms with Gasteiger partial charge in [-0.15, -0.1) is 0 Å². The smallest absolute Gasteiger partial charge is 0.166 e. The Morgan fingerprint density at radius 2 is 2.16 bits per heavy atom. The molecule has 0 bridgehead atoms. The van der Waals surface area contributed by atoms with E-state index in [0.717, 1.165) is 56.7 Å². The maximum absolute atomic E-state index is 12.5. The van der Waals surface area contributed by atoms with Gasteiger partial charge in [0.2, 0.25) is 0 Å². The van der Waals surface area contributed by atoms with Crippen molar-refractivity contribution < 1.29 is 9.53 Å². The van der Waals surface area contributed by atoms with Crippen LogP contribution < -0.4 is 10.1 Å². The van der Waals surface area contributed by atoms with E-state index in [-0.39, 0.29) is 5.78 Å². The molecule has 1 aromatic carbocycles. The van der Waals surface area contributed by atoms with Crippen LogP contribution in [0.1, 0.15) is 41.6 Å². The number of ether oxygens (including phenoxy) is 1. The molecule has 19 heavy (non-hydrogen) atoms. The highest BCUT2D eigenvalue weighted by atomic mass is 16.5. The van der Waals surface area contributed by atoms with E-state index in [9.17, 15) is 4.79 Å². The van der Waals surface area contributed by atoms with Crippen LogP contribution in [0.4, 0.5) is 0 Å². The second kappa shape index (κ2) is 5.74. The van der Waals surface area contributed by atoms with Crippen molar-refractivity contribution in [3.8, 4) is 5.75 Å². The second-order valence-corrected chi connectivity index (χ2v) is 5.57. The van der Waals surface area contributed by atoms with Gasteiger partial charge in [-0.25, -0.2) is 0 Å². The van der Waals surface area contributed by atoms with Gasteiger partial charge in [-0.3, -0.25) is 4.79 Å². The third kappa shape index (κ3) is 2.81. The van der Waals surface area contributed by atoms with Gasteiger partial charge in [0.05, 0.1) is 12.2 Å². The Balaban J connectivity index is 1.75. The summed E-state index contributed by atoms with van der Waals surface area (Å²) in [6, 6.07) is 5.99. The van der Waals surface area contributed by atoms with Gasteiger partial charge in [-0.2, -0.15) is 0 Å². The molecule has 1 N–H and O–H groups in total. The van der Waals surface area contributed by atoms with Crippen molar-refractivity contribution in [3.05, 3.63) is 29.3 Å². The molecule has 2 aliphatic heterocycles. The van der Waals surface area contributed by atoms with Gasteiger partial charge in [0.15, 0.2) is 5.78 Å². The summed E-state index contributed by atoms with van der Waals surface area (Å²) in [5.41, 5.74) is 2.00. The zero-order valence-electron chi connectivity index (χ0n) is 11.3. The first-order chi connectivity index (χ1) is 9.34. The first-order valence-electron chi connectivity index (χ1n) is 7.33. The van der Waals surface area contributed by atoms with Crippen molar-refractivity contribution in [3.63, 3.8) is 0 Å². The summed E-state index contributed by atoms with van der Waals surface area (Å²) in [5.74, 6) is 1.64. The number of aryl methyl sites for hydroxylation is 1. The molecule has 0 spiro atoms. The Morgan fingerprint density at radius 3 is 3.00 bits per heavy atom. The monoisotopic (exact) mass is 259 g/mol. The number of hydrogen-bond acceptors (Lipinski definition) is 3. The van der Waals surface area contributed by atoms with E-state index in [1.54, 1.807) is 0 Å². The maximum Gasteiger partial charge on any atom is 0.166 e. The van der Waals surface area contributed by atoms with Crippen LogP contribution in [0.15, 0.2) is 18.2 Å². The number of hydrogen-bond donors (Lipinski definition) is 1. The standard InChI is InChI=1S/C16H21NO2/c18-15(11-12-6-8-17-9-7-12)14-5-1-3-13-4-2-10-19-16(13)14/h1,3,5,12,17H,2,4,6-11H2. The molecule has 0 amide bonds. The fraction of sp³-hybridized carbons (Fsp3) is 0.562. The molecule has 0 radical (unpaired) electrons. The molecular weight excluding hydrogens is 238 g/mol. The number of ketones is 1. The largest absolute Gasteiger partial charge is 0.493 e. The van der Waals surface area contributed by atoms with Crippen molar-refractivity contribution in [1.82, 2.24) is 5.32 Å². The van der Waals surface area contributed by atoms with Gasteiger partial charge in [0.25, 0.3) is 0 Å². The Morgan fingerprint density at radius 1 is 1.32 bits per heavy atom. The molecule has 1 fully saturated rings. The predicted molar refractivity (Wildman–Crippen MR) is 74.8 cm³/mol. The minimum Gasteiger partial charge on any atom is -0.493 e. The van der Waals surface area contributed by atoms with E-state index in [1.807, 2.05) is 12.1 Å². The van der Waals surface area contributed by atoms with Gasteiger partial charge >= 0.3 is 0 Å². The molecule has 1 saturated heterocycles. The number of Topliss-reactive ketones (excluding diaryl/α,β-unsaturated/α-hetero) is 1. The maximum atomic E-state index is 12.5. The van der Waals surface area contributed by atoms with Gasteiger partial charge in [0.1, 0.15) is 5.75 Å². The van der Waals surface area contributed by atoms with E-state index in [4.69, 9.17) is 4.74 Å². The van der Waals surface area contributed by atoms with Gasteiger partial charge < -0.3 is 10.1 Å². The normalized spacial score (nSPS) is 19.6. The van der Waals surface area contributed by atoms with Gasteiger partial charge in [-0.05, 0) is 56.3 Å². The Bertz CT molecular complexity index is 464. The summed E-state index contributed by atoms with van der Waals surface area (Å²) in [6.45, 7) is 2.83. The summed E-state index contributed by atoms with van der Waals surface area (Å²) in [4.78, 5) is 12.5. The number of fused-ring (bicyclic) bond motifs is 1. The van der Waals surface area contributed by atoms with Crippen LogP contribution in [-0.2, 0) is 6.42 Å². The lowest BCUT2D eigenvalue weighted by Gasteiger charge is -2.23. The molecule has 1 aromatic rings. The molecule has 102 valence electrons. The van der Waals surface area contributed by atoms with Crippen LogP contribution >= 0.6 is 0 Å². The second-order valence-electron chi connectivity index (χ2n) is 5.57. The van der Waals surface area contributed by atoms with Crippen molar-refractivity contribution in [2.24, 2.45) is 5.92 Å². The third-order valence-electron chi connectivity index (χ3n) is 4.17. The molecule has 0 aliphatic carbocycles. The number of para-hydroxylation sites is 1. The zero-order valence-corrected chi connectivity index (χ0v) is 11.3. The zero-order chi connectivity index (χ0) is 13.1. The molecule has 3 nitrogen and oxygen atoms in total. The average Bonchev–Trinajstić information content (AvgIpc) is 2.47. The van der Waals surface area contributed by atoms with E-state index in [1.165, 1.54) is 5.56 Å². The van der Waals surface area contributed by atoms with E-state index < -0.39 is 0 Å². The Hall–Kier alpha value is -1.35. The number of piperidine rings is 1. The SMILES string of the molecule is O=C(CC1CCNCC1)c1cccc2c1OCCC2. The van der Waals surface area contributed by atoms with Crippen LogP contribution in [0, 0.1) is 5.92 Å². The lowest BCUT2D eigenvalue weighted by atomic mass is 9.89. The predicted octanol–water partition coefficient (Wildman–Crippen LogP) is 2.58. The van der Waals surface area contributed by atoms with Crippen molar-refractivity contribution in [2.45, 2.75) is 32.1 Å². The van der Waals surface area contributed by atoms with E-state index in [2.05, 4.69) is 11.4 Å². The summed E-state index contributed by atoms with van der Waals surface area (Å²) in [6.07, 6.45) is 4.98. The highest BCUT2D eigenvalue weighted by Gasteiger charge is 2.22. The summed E-state index contributed by atoms with van der Waals surface area (Å²) in [7, 11) is 0. The minimum atomic E-state index is 0.255. The molecule has 2 heterocycles. The molecule has 0 unspecified atom stereocenters. The molecule has 0 aromatic heterocycles. The van der Waals surface area contributed by atoms with E-state index >= 15 is 0 Å². The molecule has 3 rings (SSSR count). The molecule has 2 aliphatic rings. The van der Waals surface area contributed by atoms with Crippen LogP contribution in [0.25, 0.3) is 0 Å². The first kappa shape index (κ1) is 12.7. The minimum absolute atomic E-state index is 0.255. The van der Waals surface area contributed by atoms with E-state index in [0.29, 0.717) is 12.3 Å². The molecule has 3 heteroatoms. The fourth-order valence-corrected chi connectivity index (χ4v) is 3.07.